The summed E-state index contributed by atoms with van der Waals surface area (Å²) in [5.41, 5.74) is 3.11. The average Bonchev–Trinajstić information content (AvgIpc) is 2.39. The number of hydrogen-bond acceptors (Lipinski definition) is 1. The monoisotopic (exact) mass is 317 g/mol. The van der Waals surface area contributed by atoms with Gasteiger partial charge in [0.2, 0.25) is 5.91 Å². The van der Waals surface area contributed by atoms with E-state index in [9.17, 15) is 4.79 Å². The Morgan fingerprint density at radius 2 is 1.47 bits per heavy atom. The van der Waals surface area contributed by atoms with Crippen LogP contribution in [0, 0.1) is 0 Å². The van der Waals surface area contributed by atoms with Crippen molar-refractivity contribution in [2.75, 3.05) is 5.32 Å². The van der Waals surface area contributed by atoms with Gasteiger partial charge in [0.15, 0.2) is 0 Å². The van der Waals surface area contributed by atoms with E-state index >= 15 is 0 Å². The first-order valence-electron chi connectivity index (χ1n) is 6.13. The second kappa shape index (κ2) is 5.57. The van der Waals surface area contributed by atoms with Gasteiger partial charge in [-0.05, 0) is 37.1 Å². The number of amides is 1. The van der Waals surface area contributed by atoms with E-state index in [4.69, 9.17) is 0 Å². The summed E-state index contributed by atoms with van der Waals surface area (Å²) in [6.45, 7) is 3.64. The van der Waals surface area contributed by atoms with Gasteiger partial charge in [-0.25, -0.2) is 0 Å². The van der Waals surface area contributed by atoms with Crippen molar-refractivity contribution < 1.29 is 4.79 Å². The fourth-order valence-electron chi connectivity index (χ4n) is 1.66. The summed E-state index contributed by atoms with van der Waals surface area (Å²) in [5, 5.41) is 2.87. The summed E-state index contributed by atoms with van der Waals surface area (Å²) >= 11 is 3.34. The summed E-state index contributed by atoms with van der Waals surface area (Å²) in [6, 6.07) is 18.0. The SMILES string of the molecule is CC(C)(Br)C(=O)Nc1ccc(-c2ccccc2)cc1. The van der Waals surface area contributed by atoms with Crippen LogP contribution in [0.4, 0.5) is 5.69 Å². The van der Waals surface area contributed by atoms with Gasteiger partial charge in [-0.3, -0.25) is 4.79 Å². The largest absolute Gasteiger partial charge is 0.325 e. The number of rotatable bonds is 3. The number of halogens is 1. The molecule has 0 saturated heterocycles. The maximum absolute atomic E-state index is 11.8. The highest BCUT2D eigenvalue weighted by Gasteiger charge is 2.23. The van der Waals surface area contributed by atoms with Gasteiger partial charge < -0.3 is 5.32 Å². The Labute approximate surface area is 122 Å². The lowest BCUT2D eigenvalue weighted by molar-refractivity contribution is -0.117. The van der Waals surface area contributed by atoms with Crippen molar-refractivity contribution in [2.24, 2.45) is 0 Å². The van der Waals surface area contributed by atoms with Crippen molar-refractivity contribution in [3.8, 4) is 11.1 Å². The third kappa shape index (κ3) is 3.67. The Morgan fingerprint density at radius 1 is 0.947 bits per heavy atom. The quantitative estimate of drug-likeness (QED) is 0.832. The lowest BCUT2D eigenvalue weighted by atomic mass is 10.1. The predicted octanol–water partition coefficient (Wildman–Crippen LogP) is 4.47. The molecule has 2 nitrogen and oxygen atoms in total. The zero-order valence-corrected chi connectivity index (χ0v) is 12.6. The number of alkyl halides is 1. The standard InChI is InChI=1S/C16H16BrNO/c1-16(2,17)15(19)18-14-10-8-13(9-11-14)12-6-4-3-5-7-12/h3-11H,1-2H3,(H,18,19). The first kappa shape index (κ1) is 13.8. The zero-order chi connectivity index (χ0) is 13.9. The van der Waals surface area contributed by atoms with E-state index in [0.717, 1.165) is 11.3 Å². The summed E-state index contributed by atoms with van der Waals surface area (Å²) in [5.74, 6) is -0.0556. The van der Waals surface area contributed by atoms with Gasteiger partial charge in [-0.2, -0.15) is 0 Å². The lowest BCUT2D eigenvalue weighted by Crippen LogP contribution is -2.30. The van der Waals surface area contributed by atoms with Crippen LogP contribution in [0.1, 0.15) is 13.8 Å². The molecule has 0 unspecified atom stereocenters. The fourth-order valence-corrected chi connectivity index (χ4v) is 1.76. The van der Waals surface area contributed by atoms with E-state index < -0.39 is 4.32 Å². The minimum atomic E-state index is -0.564. The Morgan fingerprint density at radius 3 is 2.00 bits per heavy atom. The predicted molar refractivity (Wildman–Crippen MR) is 83.5 cm³/mol. The van der Waals surface area contributed by atoms with Crippen molar-refractivity contribution in [2.45, 2.75) is 18.2 Å². The van der Waals surface area contributed by atoms with E-state index in [2.05, 4.69) is 33.4 Å². The van der Waals surface area contributed by atoms with Gasteiger partial charge in [-0.1, -0.05) is 58.4 Å². The minimum Gasteiger partial charge on any atom is -0.325 e. The van der Waals surface area contributed by atoms with Crippen LogP contribution in [0.3, 0.4) is 0 Å². The smallest absolute Gasteiger partial charge is 0.240 e. The molecule has 3 heteroatoms. The number of anilines is 1. The third-order valence-corrected chi connectivity index (χ3v) is 3.15. The van der Waals surface area contributed by atoms with Gasteiger partial charge in [0.1, 0.15) is 0 Å². The van der Waals surface area contributed by atoms with E-state index in [1.54, 1.807) is 0 Å². The maximum atomic E-state index is 11.8. The average molecular weight is 318 g/mol. The second-order valence-corrected chi connectivity index (χ2v) is 6.85. The van der Waals surface area contributed by atoms with Gasteiger partial charge >= 0.3 is 0 Å². The van der Waals surface area contributed by atoms with E-state index in [1.807, 2.05) is 56.3 Å². The summed E-state index contributed by atoms with van der Waals surface area (Å²) in [4.78, 5) is 11.8. The van der Waals surface area contributed by atoms with Crippen LogP contribution in [-0.2, 0) is 4.79 Å². The Balaban J connectivity index is 2.14. The molecular formula is C16H16BrNO. The summed E-state index contributed by atoms with van der Waals surface area (Å²) in [7, 11) is 0. The van der Waals surface area contributed by atoms with Gasteiger partial charge in [-0.15, -0.1) is 0 Å². The first-order valence-corrected chi connectivity index (χ1v) is 6.92. The van der Waals surface area contributed by atoms with Crippen molar-refractivity contribution >= 4 is 27.5 Å². The van der Waals surface area contributed by atoms with Crippen LogP contribution < -0.4 is 5.32 Å². The topological polar surface area (TPSA) is 29.1 Å². The van der Waals surface area contributed by atoms with Crippen LogP contribution in [0.2, 0.25) is 0 Å². The van der Waals surface area contributed by atoms with Crippen molar-refractivity contribution in [1.29, 1.82) is 0 Å². The summed E-state index contributed by atoms with van der Waals surface area (Å²) in [6.07, 6.45) is 0. The molecule has 0 saturated carbocycles. The van der Waals surface area contributed by atoms with E-state index in [-0.39, 0.29) is 5.91 Å². The molecule has 0 aromatic heterocycles. The number of nitrogens with one attached hydrogen (secondary N) is 1. The summed E-state index contributed by atoms with van der Waals surface area (Å²) < 4.78 is -0.564. The third-order valence-electron chi connectivity index (χ3n) is 2.79. The van der Waals surface area contributed by atoms with Crippen molar-refractivity contribution in [1.82, 2.24) is 0 Å². The number of benzene rings is 2. The molecule has 1 amide bonds. The fraction of sp³-hybridized carbons (Fsp3) is 0.188. The molecule has 0 radical (unpaired) electrons. The Hall–Kier alpha value is -1.61. The first-order chi connectivity index (χ1) is 8.97. The molecule has 0 spiro atoms. The minimum absolute atomic E-state index is 0.0556. The highest BCUT2D eigenvalue weighted by atomic mass is 79.9. The van der Waals surface area contributed by atoms with Crippen LogP contribution >= 0.6 is 15.9 Å². The van der Waals surface area contributed by atoms with E-state index in [0.29, 0.717) is 0 Å². The molecule has 19 heavy (non-hydrogen) atoms. The van der Waals surface area contributed by atoms with Crippen LogP contribution in [0.15, 0.2) is 54.6 Å². The van der Waals surface area contributed by atoms with Gasteiger partial charge in [0.05, 0.1) is 4.32 Å². The van der Waals surface area contributed by atoms with E-state index in [1.165, 1.54) is 5.56 Å². The van der Waals surface area contributed by atoms with Crippen LogP contribution in [0.5, 0.6) is 0 Å². The molecule has 0 bridgehead atoms. The molecule has 0 aliphatic heterocycles. The zero-order valence-electron chi connectivity index (χ0n) is 11.0. The van der Waals surface area contributed by atoms with Gasteiger partial charge in [0, 0.05) is 5.69 Å². The lowest BCUT2D eigenvalue weighted by Gasteiger charge is -2.16. The van der Waals surface area contributed by atoms with Gasteiger partial charge in [0.25, 0.3) is 0 Å². The maximum Gasteiger partial charge on any atom is 0.240 e. The second-order valence-electron chi connectivity index (χ2n) is 4.87. The van der Waals surface area contributed by atoms with Crippen molar-refractivity contribution in [3.05, 3.63) is 54.6 Å². The number of hydrogen-bond donors (Lipinski definition) is 1. The van der Waals surface area contributed by atoms with Crippen molar-refractivity contribution in [3.63, 3.8) is 0 Å². The van der Waals surface area contributed by atoms with Crippen LogP contribution in [-0.4, -0.2) is 10.2 Å². The molecule has 0 aliphatic rings. The molecule has 2 aromatic rings. The molecule has 0 fully saturated rings. The molecule has 98 valence electrons. The molecule has 0 atom stereocenters. The molecule has 0 aliphatic carbocycles. The molecule has 2 rings (SSSR count). The number of carbonyl (C=O) groups excluding carboxylic acids is 1. The van der Waals surface area contributed by atoms with Crippen LogP contribution in [0.25, 0.3) is 11.1 Å². The molecule has 2 aromatic carbocycles. The molecule has 1 N–H and O–H groups in total. The number of carbonyl (C=O) groups is 1. The Bertz CT molecular complexity index is 556. The molecular weight excluding hydrogens is 302 g/mol. The highest BCUT2D eigenvalue weighted by molar-refractivity contribution is 9.10. The Kier molecular flexibility index (Phi) is 4.05. The highest BCUT2D eigenvalue weighted by Crippen LogP contribution is 2.23. The normalized spacial score (nSPS) is 11.1. The molecule has 0 heterocycles.